The summed E-state index contributed by atoms with van der Waals surface area (Å²) in [4.78, 5) is 16.9. The number of anilines is 2. The van der Waals surface area contributed by atoms with E-state index in [9.17, 15) is 4.79 Å². The molecule has 6 heteroatoms. The average Bonchev–Trinajstić information content (AvgIpc) is 3.17. The van der Waals surface area contributed by atoms with Crippen LogP contribution in [0.25, 0.3) is 10.2 Å². The van der Waals surface area contributed by atoms with Crippen molar-refractivity contribution in [3.8, 4) is 5.75 Å². The van der Waals surface area contributed by atoms with Crippen LogP contribution in [0.2, 0.25) is 0 Å². The van der Waals surface area contributed by atoms with E-state index < -0.39 is 0 Å². The molecule has 116 valence electrons. The van der Waals surface area contributed by atoms with Gasteiger partial charge >= 0.3 is 0 Å². The van der Waals surface area contributed by atoms with Crippen LogP contribution < -0.4 is 15.4 Å². The smallest absolute Gasteiger partial charge is 0.248 e. The molecule has 0 bridgehead atoms. The molecular weight excluding hydrogens is 310 g/mol. The minimum absolute atomic E-state index is 0.0628. The van der Waals surface area contributed by atoms with Crippen LogP contribution in [0.1, 0.15) is 5.56 Å². The van der Waals surface area contributed by atoms with E-state index in [0.717, 1.165) is 21.7 Å². The van der Waals surface area contributed by atoms with E-state index in [-0.39, 0.29) is 11.9 Å². The van der Waals surface area contributed by atoms with Crippen molar-refractivity contribution < 1.29 is 9.53 Å². The number of hydrogen-bond donors (Lipinski definition) is 2. The largest absolute Gasteiger partial charge is 0.497 e. The van der Waals surface area contributed by atoms with E-state index in [1.807, 2.05) is 42.5 Å². The molecule has 1 amide bonds. The van der Waals surface area contributed by atoms with Gasteiger partial charge in [0.05, 0.1) is 17.3 Å². The second kappa shape index (κ2) is 5.55. The Morgan fingerprint density at radius 1 is 1.35 bits per heavy atom. The third kappa shape index (κ3) is 2.61. The van der Waals surface area contributed by atoms with Crippen LogP contribution in [-0.4, -0.2) is 24.0 Å². The highest BCUT2D eigenvalue weighted by Gasteiger charge is 2.26. The molecule has 0 saturated carbocycles. The number of carbonyl (C=O) groups excluding carboxylic acids is 1. The van der Waals surface area contributed by atoms with E-state index in [4.69, 9.17) is 4.74 Å². The predicted molar refractivity (Wildman–Crippen MR) is 92.4 cm³/mol. The van der Waals surface area contributed by atoms with Gasteiger partial charge in [-0.25, -0.2) is 4.98 Å². The summed E-state index contributed by atoms with van der Waals surface area (Å²) in [5.74, 6) is 0.721. The monoisotopic (exact) mass is 325 g/mol. The molecule has 1 atom stereocenters. The lowest BCUT2D eigenvalue weighted by Crippen LogP contribution is -2.32. The minimum atomic E-state index is -0.256. The Labute approximate surface area is 137 Å². The Hall–Kier alpha value is -2.60. The number of methoxy groups -OCH3 is 1. The molecule has 2 heterocycles. The van der Waals surface area contributed by atoms with Gasteiger partial charge < -0.3 is 15.4 Å². The van der Waals surface area contributed by atoms with E-state index in [2.05, 4.69) is 15.6 Å². The third-order valence-electron chi connectivity index (χ3n) is 3.91. The van der Waals surface area contributed by atoms with Crippen molar-refractivity contribution in [3.05, 3.63) is 48.0 Å². The summed E-state index contributed by atoms with van der Waals surface area (Å²) in [6, 6.07) is 13.4. The third-order valence-corrected chi connectivity index (χ3v) is 4.85. The topological polar surface area (TPSA) is 63.2 Å². The molecule has 3 aromatic rings. The Kier molecular flexibility index (Phi) is 3.38. The van der Waals surface area contributed by atoms with Crippen molar-refractivity contribution in [2.75, 3.05) is 17.7 Å². The van der Waals surface area contributed by atoms with E-state index >= 15 is 0 Å². The second-order valence-corrected chi connectivity index (χ2v) is 6.43. The number of nitrogens with one attached hydrogen (secondary N) is 2. The number of thiazole rings is 1. The normalized spacial score (nSPS) is 16.0. The molecule has 1 aromatic heterocycles. The van der Waals surface area contributed by atoms with Crippen LogP contribution in [0.15, 0.2) is 42.5 Å². The number of benzene rings is 2. The number of para-hydroxylation sites is 1. The first-order valence-corrected chi connectivity index (χ1v) is 8.14. The lowest BCUT2D eigenvalue weighted by molar-refractivity contribution is -0.116. The fraction of sp³-hybridized carbons (Fsp3) is 0.176. The van der Waals surface area contributed by atoms with Crippen LogP contribution in [-0.2, 0) is 11.2 Å². The molecule has 5 nitrogen and oxygen atoms in total. The first-order valence-electron chi connectivity index (χ1n) is 7.33. The molecule has 2 N–H and O–H groups in total. The van der Waals surface area contributed by atoms with E-state index in [1.54, 1.807) is 7.11 Å². The number of fused-ring (bicyclic) bond motifs is 2. The minimum Gasteiger partial charge on any atom is -0.497 e. The first kappa shape index (κ1) is 14.0. The van der Waals surface area contributed by atoms with Crippen LogP contribution >= 0.6 is 11.3 Å². The van der Waals surface area contributed by atoms with Crippen molar-refractivity contribution in [1.82, 2.24) is 4.98 Å². The zero-order chi connectivity index (χ0) is 15.8. The van der Waals surface area contributed by atoms with Gasteiger partial charge in [-0.3, -0.25) is 4.79 Å². The van der Waals surface area contributed by atoms with Crippen molar-refractivity contribution in [2.24, 2.45) is 0 Å². The van der Waals surface area contributed by atoms with Crippen molar-refractivity contribution in [1.29, 1.82) is 0 Å². The van der Waals surface area contributed by atoms with Crippen LogP contribution in [0.4, 0.5) is 10.8 Å². The number of amides is 1. The molecule has 4 rings (SSSR count). The standard InChI is InChI=1S/C17H15N3O2S/c1-22-11-6-7-13-15(9-11)23-17(19-13)20-16(21)14-8-10-4-2-3-5-12(10)18-14/h2-7,9,14,18H,8H2,1H3,(H,19,20,21). The Balaban J connectivity index is 1.51. The maximum atomic E-state index is 12.5. The zero-order valence-electron chi connectivity index (χ0n) is 12.5. The van der Waals surface area contributed by atoms with Crippen molar-refractivity contribution >= 4 is 38.3 Å². The molecule has 1 unspecified atom stereocenters. The highest BCUT2D eigenvalue weighted by molar-refractivity contribution is 7.22. The number of hydrogen-bond acceptors (Lipinski definition) is 5. The molecule has 23 heavy (non-hydrogen) atoms. The molecule has 0 aliphatic carbocycles. The van der Waals surface area contributed by atoms with Gasteiger partial charge in [0.1, 0.15) is 11.8 Å². The molecule has 1 aliphatic rings. The van der Waals surface area contributed by atoms with Crippen molar-refractivity contribution in [3.63, 3.8) is 0 Å². The predicted octanol–water partition coefficient (Wildman–Crippen LogP) is 3.28. The molecule has 0 spiro atoms. The number of nitrogens with zero attached hydrogens (tertiary/aromatic N) is 1. The van der Waals surface area contributed by atoms with Crippen LogP contribution in [0.3, 0.4) is 0 Å². The van der Waals surface area contributed by atoms with Gasteiger partial charge in [-0.05, 0) is 29.8 Å². The molecule has 2 aromatic carbocycles. The maximum absolute atomic E-state index is 12.5. The first-order chi connectivity index (χ1) is 11.2. The quantitative estimate of drug-likeness (QED) is 0.776. The van der Waals surface area contributed by atoms with Gasteiger partial charge in [0, 0.05) is 12.1 Å². The summed E-state index contributed by atoms with van der Waals surface area (Å²) in [5.41, 5.74) is 3.05. The number of ether oxygens (including phenoxy) is 1. The highest BCUT2D eigenvalue weighted by Crippen LogP contribution is 2.30. The SMILES string of the molecule is COc1ccc2nc(NC(=O)C3Cc4ccccc4N3)sc2c1. The van der Waals surface area contributed by atoms with Gasteiger partial charge in [-0.15, -0.1) is 0 Å². The van der Waals surface area contributed by atoms with Gasteiger partial charge in [-0.1, -0.05) is 29.5 Å². The fourth-order valence-corrected chi connectivity index (χ4v) is 3.63. The van der Waals surface area contributed by atoms with Gasteiger partial charge in [0.15, 0.2) is 5.13 Å². The van der Waals surface area contributed by atoms with E-state index in [1.165, 1.54) is 16.9 Å². The average molecular weight is 325 g/mol. The van der Waals surface area contributed by atoms with Gasteiger partial charge in [0.25, 0.3) is 0 Å². The lowest BCUT2D eigenvalue weighted by Gasteiger charge is -2.09. The lowest BCUT2D eigenvalue weighted by atomic mass is 10.1. The fourth-order valence-electron chi connectivity index (χ4n) is 2.73. The Bertz CT molecular complexity index is 865. The highest BCUT2D eigenvalue weighted by atomic mass is 32.1. The molecule has 0 fully saturated rings. The summed E-state index contributed by atoms with van der Waals surface area (Å²) in [7, 11) is 1.63. The summed E-state index contributed by atoms with van der Waals surface area (Å²) in [5, 5.41) is 6.77. The van der Waals surface area contributed by atoms with Gasteiger partial charge in [-0.2, -0.15) is 0 Å². The number of aromatic nitrogens is 1. The summed E-state index contributed by atoms with van der Waals surface area (Å²) < 4.78 is 6.20. The Morgan fingerprint density at radius 2 is 2.22 bits per heavy atom. The van der Waals surface area contributed by atoms with E-state index in [0.29, 0.717) is 11.6 Å². The number of rotatable bonds is 3. The second-order valence-electron chi connectivity index (χ2n) is 5.40. The molecule has 0 saturated heterocycles. The number of carbonyl (C=O) groups is 1. The Morgan fingerprint density at radius 3 is 3.04 bits per heavy atom. The summed E-state index contributed by atoms with van der Waals surface area (Å²) in [6.45, 7) is 0. The zero-order valence-corrected chi connectivity index (χ0v) is 13.3. The van der Waals surface area contributed by atoms with Gasteiger partial charge in [0.2, 0.25) is 5.91 Å². The summed E-state index contributed by atoms with van der Waals surface area (Å²) >= 11 is 1.45. The van der Waals surface area contributed by atoms with Crippen LogP contribution in [0, 0.1) is 0 Å². The molecule has 0 radical (unpaired) electrons. The van der Waals surface area contributed by atoms with Crippen molar-refractivity contribution in [2.45, 2.75) is 12.5 Å². The maximum Gasteiger partial charge on any atom is 0.248 e. The van der Waals surface area contributed by atoms with Crippen LogP contribution in [0.5, 0.6) is 5.75 Å². The molecule has 1 aliphatic heterocycles. The molecular formula is C17H15N3O2S. The summed E-state index contributed by atoms with van der Waals surface area (Å²) in [6.07, 6.45) is 0.695.